The number of thiazole rings is 1. The van der Waals surface area contributed by atoms with E-state index in [9.17, 15) is 9.59 Å². The second-order valence-corrected chi connectivity index (χ2v) is 7.66. The Hall–Kier alpha value is -2.81. The lowest BCUT2D eigenvalue weighted by Crippen LogP contribution is -2.33. The second kappa shape index (κ2) is 9.80. The fourth-order valence-electron chi connectivity index (χ4n) is 2.55. The van der Waals surface area contributed by atoms with Gasteiger partial charge < -0.3 is 20.1 Å². The predicted octanol–water partition coefficient (Wildman–Crippen LogP) is 4.50. The first kappa shape index (κ1) is 21.9. The Morgan fingerprint density at radius 1 is 1.07 bits per heavy atom. The standard InChI is InChI=1S/C20H17Cl2N3O4S/c1-28-16-6-3-11(7-17(16)29-2)15-10-30-20(24-15)25-18(26)9-23-19(27)13-5-4-12(21)8-14(13)22/h3-8,10H,9H2,1-2H3,(H,23,27)(H,24,25,26). The summed E-state index contributed by atoms with van der Waals surface area (Å²) in [7, 11) is 3.12. The molecule has 0 atom stereocenters. The van der Waals surface area contributed by atoms with Crippen molar-refractivity contribution in [3.63, 3.8) is 0 Å². The molecule has 0 spiro atoms. The van der Waals surface area contributed by atoms with Gasteiger partial charge in [-0.3, -0.25) is 9.59 Å². The van der Waals surface area contributed by atoms with Gasteiger partial charge in [0.15, 0.2) is 16.6 Å². The number of benzene rings is 2. The van der Waals surface area contributed by atoms with Crippen molar-refractivity contribution in [2.45, 2.75) is 0 Å². The Morgan fingerprint density at radius 3 is 2.53 bits per heavy atom. The molecule has 0 radical (unpaired) electrons. The van der Waals surface area contributed by atoms with Crippen LogP contribution >= 0.6 is 34.5 Å². The van der Waals surface area contributed by atoms with Gasteiger partial charge in [0, 0.05) is 16.0 Å². The summed E-state index contributed by atoms with van der Waals surface area (Å²) in [6, 6.07) is 9.93. The summed E-state index contributed by atoms with van der Waals surface area (Å²) in [5.41, 5.74) is 1.72. The molecule has 0 fully saturated rings. The van der Waals surface area contributed by atoms with E-state index in [0.29, 0.717) is 27.3 Å². The zero-order valence-electron chi connectivity index (χ0n) is 16.0. The Labute approximate surface area is 186 Å². The van der Waals surface area contributed by atoms with E-state index in [2.05, 4.69) is 15.6 Å². The van der Waals surface area contributed by atoms with E-state index in [1.165, 1.54) is 23.5 Å². The molecule has 0 saturated carbocycles. The third kappa shape index (κ3) is 5.21. The van der Waals surface area contributed by atoms with Gasteiger partial charge in [-0.2, -0.15) is 0 Å². The zero-order valence-corrected chi connectivity index (χ0v) is 18.3. The number of carbonyl (C=O) groups excluding carboxylic acids is 2. The number of methoxy groups -OCH3 is 2. The highest BCUT2D eigenvalue weighted by Gasteiger charge is 2.14. The molecule has 1 aromatic heterocycles. The molecule has 3 rings (SSSR count). The van der Waals surface area contributed by atoms with Gasteiger partial charge in [-0.1, -0.05) is 23.2 Å². The molecule has 0 bridgehead atoms. The fourth-order valence-corrected chi connectivity index (χ4v) is 3.78. The number of nitrogens with zero attached hydrogens (tertiary/aromatic N) is 1. The molecule has 2 amide bonds. The Kier molecular flexibility index (Phi) is 7.15. The predicted molar refractivity (Wildman–Crippen MR) is 118 cm³/mol. The van der Waals surface area contributed by atoms with Crippen LogP contribution in [0.1, 0.15) is 10.4 Å². The van der Waals surface area contributed by atoms with Crippen LogP contribution in [0.4, 0.5) is 5.13 Å². The monoisotopic (exact) mass is 465 g/mol. The molecule has 156 valence electrons. The van der Waals surface area contributed by atoms with E-state index >= 15 is 0 Å². The molecule has 0 aliphatic carbocycles. The maximum absolute atomic E-state index is 12.2. The van der Waals surface area contributed by atoms with E-state index in [-0.39, 0.29) is 17.1 Å². The van der Waals surface area contributed by atoms with Gasteiger partial charge in [-0.05, 0) is 36.4 Å². The van der Waals surface area contributed by atoms with E-state index in [1.807, 2.05) is 11.4 Å². The van der Waals surface area contributed by atoms with Crippen molar-refractivity contribution in [3.05, 3.63) is 57.4 Å². The molecular formula is C20H17Cl2N3O4S. The second-order valence-electron chi connectivity index (χ2n) is 5.96. The lowest BCUT2D eigenvalue weighted by Gasteiger charge is -2.08. The first-order chi connectivity index (χ1) is 14.4. The maximum Gasteiger partial charge on any atom is 0.253 e. The van der Waals surface area contributed by atoms with Crippen LogP contribution in [-0.4, -0.2) is 37.6 Å². The number of halogens is 2. The summed E-state index contributed by atoms with van der Waals surface area (Å²) in [6.45, 7) is -0.233. The van der Waals surface area contributed by atoms with E-state index in [1.54, 1.807) is 32.4 Å². The molecule has 0 aliphatic heterocycles. The highest BCUT2D eigenvalue weighted by Crippen LogP contribution is 2.33. The first-order valence-corrected chi connectivity index (χ1v) is 10.3. The zero-order chi connectivity index (χ0) is 21.7. The molecule has 10 heteroatoms. The normalized spacial score (nSPS) is 10.4. The average Bonchev–Trinajstić information content (AvgIpc) is 3.19. The summed E-state index contributed by atoms with van der Waals surface area (Å²) < 4.78 is 10.5. The van der Waals surface area contributed by atoms with Gasteiger partial charge in [0.1, 0.15) is 0 Å². The van der Waals surface area contributed by atoms with Crippen molar-refractivity contribution in [2.75, 3.05) is 26.1 Å². The van der Waals surface area contributed by atoms with Crippen molar-refractivity contribution in [3.8, 4) is 22.8 Å². The lowest BCUT2D eigenvalue weighted by molar-refractivity contribution is -0.115. The molecule has 0 unspecified atom stereocenters. The average molecular weight is 466 g/mol. The van der Waals surface area contributed by atoms with Gasteiger partial charge >= 0.3 is 0 Å². The number of rotatable bonds is 7. The van der Waals surface area contributed by atoms with Gasteiger partial charge in [0.25, 0.3) is 5.91 Å². The first-order valence-electron chi connectivity index (χ1n) is 8.62. The van der Waals surface area contributed by atoms with Gasteiger partial charge in [0.05, 0.1) is 37.0 Å². The molecule has 2 N–H and O–H groups in total. The summed E-state index contributed by atoms with van der Waals surface area (Å²) >= 11 is 13.1. The minimum atomic E-state index is -0.475. The Bertz CT molecular complexity index is 1090. The minimum absolute atomic E-state index is 0.208. The summed E-state index contributed by atoms with van der Waals surface area (Å²) in [4.78, 5) is 28.8. The van der Waals surface area contributed by atoms with Crippen LogP contribution in [0.15, 0.2) is 41.8 Å². The molecule has 0 aliphatic rings. The van der Waals surface area contributed by atoms with Crippen LogP contribution in [0, 0.1) is 0 Å². The number of anilines is 1. The summed E-state index contributed by atoms with van der Waals surface area (Å²) in [5.74, 6) is 0.303. The topological polar surface area (TPSA) is 89.6 Å². The van der Waals surface area contributed by atoms with Gasteiger partial charge in [-0.15, -0.1) is 11.3 Å². The van der Waals surface area contributed by atoms with Crippen LogP contribution in [0.3, 0.4) is 0 Å². The van der Waals surface area contributed by atoms with Crippen LogP contribution in [0.2, 0.25) is 10.0 Å². The fraction of sp³-hybridized carbons (Fsp3) is 0.150. The van der Waals surface area contributed by atoms with Crippen molar-refractivity contribution < 1.29 is 19.1 Å². The summed E-state index contributed by atoms with van der Waals surface area (Å²) in [5, 5.41) is 8.01. The van der Waals surface area contributed by atoms with Crippen LogP contribution in [0.25, 0.3) is 11.3 Å². The molecule has 7 nitrogen and oxygen atoms in total. The van der Waals surface area contributed by atoms with E-state index < -0.39 is 11.8 Å². The molecular weight excluding hydrogens is 449 g/mol. The van der Waals surface area contributed by atoms with E-state index in [0.717, 1.165) is 5.56 Å². The number of nitrogens with one attached hydrogen (secondary N) is 2. The molecule has 1 heterocycles. The van der Waals surface area contributed by atoms with Crippen molar-refractivity contribution >= 4 is 51.5 Å². The smallest absolute Gasteiger partial charge is 0.253 e. The van der Waals surface area contributed by atoms with Crippen LogP contribution in [0.5, 0.6) is 11.5 Å². The molecule has 2 aromatic carbocycles. The number of hydrogen-bond donors (Lipinski definition) is 2. The number of hydrogen-bond acceptors (Lipinski definition) is 6. The van der Waals surface area contributed by atoms with Crippen LogP contribution in [-0.2, 0) is 4.79 Å². The van der Waals surface area contributed by atoms with Crippen molar-refractivity contribution in [1.82, 2.24) is 10.3 Å². The molecule has 3 aromatic rings. The Balaban J connectivity index is 1.60. The lowest BCUT2D eigenvalue weighted by atomic mass is 10.1. The third-order valence-electron chi connectivity index (χ3n) is 4.02. The molecule has 30 heavy (non-hydrogen) atoms. The van der Waals surface area contributed by atoms with Crippen molar-refractivity contribution in [2.24, 2.45) is 0 Å². The van der Waals surface area contributed by atoms with Gasteiger partial charge in [-0.25, -0.2) is 4.98 Å². The number of aromatic nitrogens is 1. The number of amides is 2. The minimum Gasteiger partial charge on any atom is -0.493 e. The maximum atomic E-state index is 12.2. The van der Waals surface area contributed by atoms with Crippen molar-refractivity contribution in [1.29, 1.82) is 0 Å². The summed E-state index contributed by atoms with van der Waals surface area (Å²) in [6.07, 6.45) is 0. The van der Waals surface area contributed by atoms with E-state index in [4.69, 9.17) is 32.7 Å². The Morgan fingerprint density at radius 2 is 1.83 bits per heavy atom. The highest BCUT2D eigenvalue weighted by atomic mass is 35.5. The molecule has 0 saturated heterocycles. The van der Waals surface area contributed by atoms with Crippen LogP contribution < -0.4 is 20.1 Å². The number of ether oxygens (including phenoxy) is 2. The van der Waals surface area contributed by atoms with Gasteiger partial charge in [0.2, 0.25) is 5.91 Å². The third-order valence-corrected chi connectivity index (χ3v) is 5.32. The SMILES string of the molecule is COc1ccc(-c2csc(NC(=O)CNC(=O)c3ccc(Cl)cc3Cl)n2)cc1OC. The number of carbonyl (C=O) groups is 2. The highest BCUT2D eigenvalue weighted by molar-refractivity contribution is 7.14. The quantitative estimate of drug-likeness (QED) is 0.535. The largest absolute Gasteiger partial charge is 0.493 e.